The summed E-state index contributed by atoms with van der Waals surface area (Å²) in [6.07, 6.45) is 3.94. The van der Waals surface area contributed by atoms with Crippen molar-refractivity contribution in [1.82, 2.24) is 0 Å². The molecule has 0 radical (unpaired) electrons. The molecule has 1 aliphatic rings. The lowest BCUT2D eigenvalue weighted by Gasteiger charge is -2.11. The smallest absolute Gasteiger partial charge is 0.0297 e. The van der Waals surface area contributed by atoms with Crippen LogP contribution in [0.4, 0.5) is 0 Å². The summed E-state index contributed by atoms with van der Waals surface area (Å²) in [6, 6.07) is 8.77. The molecule has 0 aliphatic heterocycles. The van der Waals surface area contributed by atoms with Crippen molar-refractivity contribution in [3.8, 4) is 0 Å². The zero-order valence-electron chi connectivity index (χ0n) is 7.54. The number of rotatable bonds is 3. The maximum Gasteiger partial charge on any atom is 0.0297 e. The Morgan fingerprint density at radius 1 is 1.46 bits per heavy atom. The fourth-order valence-corrected chi connectivity index (χ4v) is 2.15. The molecule has 1 nitrogen and oxygen atoms in total. The molecule has 1 fully saturated rings. The van der Waals surface area contributed by atoms with E-state index in [1.807, 2.05) is 0 Å². The zero-order chi connectivity index (χ0) is 9.26. The van der Waals surface area contributed by atoms with Crippen LogP contribution in [0.5, 0.6) is 0 Å². The van der Waals surface area contributed by atoms with Crippen LogP contribution in [0, 0.1) is 9.49 Å². The van der Waals surface area contributed by atoms with Crippen LogP contribution in [0.15, 0.2) is 24.3 Å². The van der Waals surface area contributed by atoms with Crippen molar-refractivity contribution in [2.45, 2.75) is 25.3 Å². The first-order chi connectivity index (χ1) is 6.25. The van der Waals surface area contributed by atoms with Gasteiger partial charge in [0.1, 0.15) is 0 Å². The number of hydrogen-bond acceptors (Lipinski definition) is 1. The highest BCUT2D eigenvalue weighted by Crippen LogP contribution is 2.36. The molecule has 2 heteroatoms. The van der Waals surface area contributed by atoms with Crippen molar-refractivity contribution in [3.05, 3.63) is 33.4 Å². The summed E-state index contributed by atoms with van der Waals surface area (Å²) in [6.45, 7) is 0. The Labute approximate surface area is 92.9 Å². The highest BCUT2D eigenvalue weighted by atomic mass is 127. The van der Waals surface area contributed by atoms with E-state index in [0.29, 0.717) is 0 Å². The van der Waals surface area contributed by atoms with Crippen molar-refractivity contribution in [2.75, 3.05) is 0 Å². The minimum atomic E-state index is 0.252. The molecule has 0 heterocycles. The summed E-state index contributed by atoms with van der Waals surface area (Å²) in [5, 5.41) is 0. The second kappa shape index (κ2) is 3.96. The molecular weight excluding hydrogens is 273 g/mol. The predicted octanol–water partition coefficient (Wildman–Crippen LogP) is 3.09. The van der Waals surface area contributed by atoms with Crippen molar-refractivity contribution < 1.29 is 0 Å². The minimum absolute atomic E-state index is 0.252. The first-order valence-electron chi connectivity index (χ1n) is 4.77. The van der Waals surface area contributed by atoms with Gasteiger partial charge in [-0.15, -0.1) is 0 Å². The molecule has 1 unspecified atom stereocenters. The molecule has 0 saturated heterocycles. The lowest BCUT2D eigenvalue weighted by molar-refractivity contribution is 0.597. The third-order valence-corrected chi connectivity index (χ3v) is 3.23. The molecule has 2 rings (SSSR count). The number of hydrogen-bond donors (Lipinski definition) is 1. The Morgan fingerprint density at radius 2 is 2.23 bits per heavy atom. The summed E-state index contributed by atoms with van der Waals surface area (Å²) in [5.74, 6) is 0.910. The Hall–Kier alpha value is -0.0900. The standard InChI is InChI=1S/C11H14IN/c12-10-3-1-2-9(7-10)11(13)6-8-4-5-8/h1-3,7-8,11H,4-6,13H2. The summed E-state index contributed by atoms with van der Waals surface area (Å²) < 4.78 is 1.28. The zero-order valence-corrected chi connectivity index (χ0v) is 9.70. The van der Waals surface area contributed by atoms with E-state index in [1.54, 1.807) is 0 Å². The summed E-state index contributed by atoms with van der Waals surface area (Å²) in [4.78, 5) is 0. The van der Waals surface area contributed by atoms with E-state index in [-0.39, 0.29) is 6.04 Å². The predicted molar refractivity (Wildman–Crippen MR) is 63.4 cm³/mol. The third-order valence-electron chi connectivity index (χ3n) is 2.56. The average Bonchev–Trinajstić information content (AvgIpc) is 2.88. The highest BCUT2D eigenvalue weighted by Gasteiger charge is 2.24. The van der Waals surface area contributed by atoms with Gasteiger partial charge in [0.2, 0.25) is 0 Å². The van der Waals surface area contributed by atoms with E-state index < -0.39 is 0 Å². The second-order valence-electron chi connectivity index (χ2n) is 3.84. The highest BCUT2D eigenvalue weighted by molar-refractivity contribution is 14.1. The molecule has 0 aromatic heterocycles. The van der Waals surface area contributed by atoms with Crippen LogP contribution in [0.1, 0.15) is 30.9 Å². The molecule has 1 atom stereocenters. The first kappa shape index (κ1) is 9.46. The Morgan fingerprint density at radius 3 is 2.85 bits per heavy atom. The van der Waals surface area contributed by atoms with E-state index in [4.69, 9.17) is 5.73 Å². The third kappa shape index (κ3) is 2.68. The summed E-state index contributed by atoms with van der Waals surface area (Å²) in [5.41, 5.74) is 7.39. The van der Waals surface area contributed by atoms with Gasteiger partial charge in [0.15, 0.2) is 0 Å². The lowest BCUT2D eigenvalue weighted by atomic mass is 10.0. The van der Waals surface area contributed by atoms with Crippen molar-refractivity contribution in [3.63, 3.8) is 0 Å². The van der Waals surface area contributed by atoms with Gasteiger partial charge in [-0.25, -0.2) is 0 Å². The normalized spacial score (nSPS) is 18.6. The maximum absolute atomic E-state index is 6.10. The fraction of sp³-hybridized carbons (Fsp3) is 0.455. The van der Waals surface area contributed by atoms with Gasteiger partial charge in [-0.05, 0) is 52.6 Å². The molecule has 0 amide bonds. The molecule has 1 aliphatic carbocycles. The Balaban J connectivity index is 2.04. The molecule has 2 N–H and O–H groups in total. The molecule has 70 valence electrons. The van der Waals surface area contributed by atoms with Crippen LogP contribution in [0.25, 0.3) is 0 Å². The molecule has 1 aromatic rings. The first-order valence-corrected chi connectivity index (χ1v) is 5.84. The van der Waals surface area contributed by atoms with E-state index in [1.165, 1.54) is 28.4 Å². The monoisotopic (exact) mass is 287 g/mol. The topological polar surface area (TPSA) is 26.0 Å². The maximum atomic E-state index is 6.10. The van der Waals surface area contributed by atoms with Gasteiger partial charge >= 0.3 is 0 Å². The van der Waals surface area contributed by atoms with Gasteiger partial charge in [-0.3, -0.25) is 0 Å². The van der Waals surface area contributed by atoms with E-state index >= 15 is 0 Å². The number of nitrogens with two attached hydrogens (primary N) is 1. The van der Waals surface area contributed by atoms with Crippen molar-refractivity contribution in [2.24, 2.45) is 11.7 Å². The SMILES string of the molecule is NC(CC1CC1)c1cccc(I)c1. The summed E-state index contributed by atoms with van der Waals surface area (Å²) in [7, 11) is 0. The molecule has 13 heavy (non-hydrogen) atoms. The minimum Gasteiger partial charge on any atom is -0.324 e. The van der Waals surface area contributed by atoms with Gasteiger partial charge in [0.25, 0.3) is 0 Å². The van der Waals surface area contributed by atoms with Gasteiger partial charge in [-0.2, -0.15) is 0 Å². The fourth-order valence-electron chi connectivity index (χ4n) is 1.59. The molecular formula is C11H14IN. The van der Waals surface area contributed by atoms with Gasteiger partial charge in [0.05, 0.1) is 0 Å². The van der Waals surface area contributed by atoms with Crippen LogP contribution in [0.2, 0.25) is 0 Å². The van der Waals surface area contributed by atoms with E-state index in [9.17, 15) is 0 Å². The van der Waals surface area contributed by atoms with Crippen LogP contribution in [-0.4, -0.2) is 0 Å². The second-order valence-corrected chi connectivity index (χ2v) is 5.09. The van der Waals surface area contributed by atoms with Crippen LogP contribution >= 0.6 is 22.6 Å². The quantitative estimate of drug-likeness (QED) is 0.849. The molecule has 1 saturated carbocycles. The van der Waals surface area contributed by atoms with Crippen molar-refractivity contribution >= 4 is 22.6 Å². The number of benzene rings is 1. The Bertz CT molecular complexity index is 294. The Kier molecular flexibility index (Phi) is 2.89. The van der Waals surface area contributed by atoms with Gasteiger partial charge in [-0.1, -0.05) is 25.0 Å². The van der Waals surface area contributed by atoms with Gasteiger partial charge < -0.3 is 5.73 Å². The van der Waals surface area contributed by atoms with Gasteiger partial charge in [0, 0.05) is 9.61 Å². The van der Waals surface area contributed by atoms with Crippen molar-refractivity contribution in [1.29, 1.82) is 0 Å². The molecule has 0 spiro atoms. The van der Waals surface area contributed by atoms with E-state index in [0.717, 1.165) is 5.92 Å². The largest absolute Gasteiger partial charge is 0.324 e. The molecule has 0 bridgehead atoms. The van der Waals surface area contributed by atoms with Crippen LogP contribution < -0.4 is 5.73 Å². The summed E-state index contributed by atoms with van der Waals surface area (Å²) >= 11 is 2.33. The van der Waals surface area contributed by atoms with Crippen LogP contribution in [0.3, 0.4) is 0 Å². The average molecular weight is 287 g/mol. The van der Waals surface area contributed by atoms with E-state index in [2.05, 4.69) is 46.9 Å². The van der Waals surface area contributed by atoms with Crippen LogP contribution in [-0.2, 0) is 0 Å². The molecule has 1 aromatic carbocycles. The number of halogens is 1. The lowest BCUT2D eigenvalue weighted by Crippen LogP contribution is -2.10.